The van der Waals surface area contributed by atoms with Crippen LogP contribution < -0.4 is 5.32 Å². The van der Waals surface area contributed by atoms with Gasteiger partial charge in [-0.3, -0.25) is 4.79 Å². The Labute approximate surface area is 147 Å². The van der Waals surface area contributed by atoms with E-state index in [1.165, 1.54) is 63.0 Å². The van der Waals surface area contributed by atoms with Gasteiger partial charge in [-0.2, -0.15) is 0 Å². The van der Waals surface area contributed by atoms with Crippen LogP contribution in [0.4, 0.5) is 0 Å². The minimum absolute atomic E-state index is 0.0191. The van der Waals surface area contributed by atoms with Crippen LogP contribution in [0.5, 0.6) is 0 Å². The van der Waals surface area contributed by atoms with E-state index < -0.39 is 0 Å². The van der Waals surface area contributed by atoms with E-state index in [4.69, 9.17) is 0 Å². The highest BCUT2D eigenvalue weighted by Crippen LogP contribution is 2.27. The van der Waals surface area contributed by atoms with Crippen molar-refractivity contribution in [3.63, 3.8) is 0 Å². The van der Waals surface area contributed by atoms with Gasteiger partial charge in [-0.05, 0) is 56.8 Å². The van der Waals surface area contributed by atoms with Gasteiger partial charge in [0.2, 0.25) is 0 Å². The monoisotopic (exact) mass is 343 g/mol. The second-order valence-electron chi connectivity index (χ2n) is 7.11. The second kappa shape index (κ2) is 7.19. The van der Waals surface area contributed by atoms with Crippen LogP contribution in [0.3, 0.4) is 0 Å². The van der Waals surface area contributed by atoms with Gasteiger partial charge >= 0.3 is 0 Å². The first kappa shape index (κ1) is 16.0. The van der Waals surface area contributed by atoms with Gasteiger partial charge in [0.15, 0.2) is 5.01 Å². The van der Waals surface area contributed by atoms with Crippen molar-refractivity contribution >= 4 is 27.5 Å². The third-order valence-electron chi connectivity index (χ3n) is 5.53. The first-order valence-corrected chi connectivity index (χ1v) is 9.99. The topological polar surface area (TPSA) is 45.2 Å². The molecular formula is C19H25N3OS. The smallest absolute Gasteiger partial charge is 0.280 e. The van der Waals surface area contributed by atoms with Crippen LogP contribution in [0.2, 0.25) is 0 Å². The molecule has 1 saturated heterocycles. The minimum Gasteiger partial charge on any atom is -0.350 e. The van der Waals surface area contributed by atoms with Gasteiger partial charge in [-0.25, -0.2) is 4.98 Å². The molecule has 2 aliphatic rings. The molecule has 4 nitrogen and oxygen atoms in total. The summed E-state index contributed by atoms with van der Waals surface area (Å²) in [4.78, 5) is 19.5. The van der Waals surface area contributed by atoms with Crippen LogP contribution in [-0.2, 0) is 0 Å². The average Bonchev–Trinajstić information content (AvgIpc) is 3.29. The predicted octanol–water partition coefficient (Wildman–Crippen LogP) is 3.68. The first-order valence-electron chi connectivity index (χ1n) is 9.17. The Hall–Kier alpha value is -1.46. The van der Waals surface area contributed by atoms with E-state index in [0.717, 1.165) is 22.8 Å². The lowest BCUT2D eigenvalue weighted by molar-refractivity contribution is 0.0924. The summed E-state index contributed by atoms with van der Waals surface area (Å²) in [6.07, 6.45) is 8.00. The summed E-state index contributed by atoms with van der Waals surface area (Å²) in [7, 11) is 0. The van der Waals surface area contributed by atoms with Gasteiger partial charge < -0.3 is 10.2 Å². The van der Waals surface area contributed by atoms with Crippen molar-refractivity contribution in [2.75, 3.05) is 19.6 Å². The molecule has 1 N–H and O–H groups in total. The molecule has 24 heavy (non-hydrogen) atoms. The highest BCUT2D eigenvalue weighted by atomic mass is 32.1. The number of amides is 1. The zero-order valence-electron chi connectivity index (χ0n) is 14.0. The number of fused-ring (bicyclic) bond motifs is 1. The third-order valence-corrected chi connectivity index (χ3v) is 6.56. The molecule has 1 aromatic heterocycles. The summed E-state index contributed by atoms with van der Waals surface area (Å²) < 4.78 is 1.08. The number of benzene rings is 1. The number of nitrogens with one attached hydrogen (secondary N) is 1. The summed E-state index contributed by atoms with van der Waals surface area (Å²) in [5.74, 6) is 0.593. The number of thiazole rings is 1. The molecule has 0 bridgehead atoms. The molecule has 1 aromatic carbocycles. The van der Waals surface area contributed by atoms with E-state index >= 15 is 0 Å². The van der Waals surface area contributed by atoms with E-state index in [-0.39, 0.29) is 5.91 Å². The second-order valence-corrected chi connectivity index (χ2v) is 8.15. The molecule has 0 unspecified atom stereocenters. The van der Waals surface area contributed by atoms with Gasteiger partial charge in [-0.1, -0.05) is 25.0 Å². The number of aromatic nitrogens is 1. The van der Waals surface area contributed by atoms with E-state index in [9.17, 15) is 4.79 Å². The van der Waals surface area contributed by atoms with Gasteiger partial charge in [0.25, 0.3) is 5.91 Å². The molecule has 5 heteroatoms. The lowest BCUT2D eigenvalue weighted by Crippen LogP contribution is -2.42. The fourth-order valence-corrected chi connectivity index (χ4v) is 4.96. The van der Waals surface area contributed by atoms with E-state index in [1.54, 1.807) is 0 Å². The van der Waals surface area contributed by atoms with Crippen molar-refractivity contribution in [2.24, 2.45) is 5.92 Å². The Morgan fingerprint density at radius 1 is 1.17 bits per heavy atom. The van der Waals surface area contributed by atoms with Crippen molar-refractivity contribution < 1.29 is 4.79 Å². The molecule has 2 aromatic rings. The maximum absolute atomic E-state index is 12.4. The highest BCUT2D eigenvalue weighted by Gasteiger charge is 2.27. The number of rotatable bonds is 4. The lowest BCUT2D eigenvalue weighted by atomic mass is 9.95. The number of likely N-dealkylation sites (tertiary alicyclic amines) is 1. The molecule has 0 atom stereocenters. The average molecular weight is 343 g/mol. The molecular weight excluding hydrogens is 318 g/mol. The number of para-hydroxylation sites is 1. The maximum atomic E-state index is 12.4. The van der Waals surface area contributed by atoms with Crippen molar-refractivity contribution in [3.8, 4) is 0 Å². The summed E-state index contributed by atoms with van der Waals surface area (Å²) >= 11 is 1.48. The predicted molar refractivity (Wildman–Crippen MR) is 98.5 cm³/mol. The molecule has 2 fully saturated rings. The molecule has 0 radical (unpaired) electrons. The van der Waals surface area contributed by atoms with Gasteiger partial charge in [0, 0.05) is 12.6 Å². The summed E-state index contributed by atoms with van der Waals surface area (Å²) in [5.41, 5.74) is 0.914. The molecule has 1 amide bonds. The Morgan fingerprint density at radius 3 is 2.67 bits per heavy atom. The van der Waals surface area contributed by atoms with Gasteiger partial charge in [-0.15, -0.1) is 11.3 Å². The fraction of sp³-hybridized carbons (Fsp3) is 0.579. The highest BCUT2D eigenvalue weighted by molar-refractivity contribution is 7.20. The Bertz CT molecular complexity index is 666. The first-order chi connectivity index (χ1) is 11.8. The van der Waals surface area contributed by atoms with Gasteiger partial charge in [0.1, 0.15) is 0 Å². The molecule has 128 valence electrons. The largest absolute Gasteiger partial charge is 0.350 e. The third kappa shape index (κ3) is 3.47. The maximum Gasteiger partial charge on any atom is 0.280 e. The standard InChI is InChI=1S/C19H25N3OS/c23-18(19-21-16-7-3-4-8-17(16)24-19)20-13-14-9-11-22(12-10-14)15-5-1-2-6-15/h3-4,7-8,14-15H,1-2,5-6,9-13H2,(H,20,23). The summed E-state index contributed by atoms with van der Waals surface area (Å²) in [6.45, 7) is 3.19. The summed E-state index contributed by atoms with van der Waals surface area (Å²) in [6, 6.07) is 8.76. The zero-order valence-corrected chi connectivity index (χ0v) is 14.9. The minimum atomic E-state index is -0.0191. The van der Waals surface area contributed by atoms with Crippen LogP contribution in [0.25, 0.3) is 10.2 Å². The lowest BCUT2D eigenvalue weighted by Gasteiger charge is -2.36. The van der Waals surface area contributed by atoms with E-state index in [1.807, 2.05) is 24.3 Å². The van der Waals surface area contributed by atoms with Crippen molar-refractivity contribution in [1.82, 2.24) is 15.2 Å². The quantitative estimate of drug-likeness (QED) is 0.921. The van der Waals surface area contributed by atoms with Crippen molar-refractivity contribution in [3.05, 3.63) is 29.3 Å². The molecule has 1 saturated carbocycles. The molecule has 2 heterocycles. The fourth-order valence-electron chi connectivity index (χ4n) is 4.07. The SMILES string of the molecule is O=C(NCC1CCN(C2CCCC2)CC1)c1nc2ccccc2s1. The zero-order chi connectivity index (χ0) is 16.4. The number of carbonyl (C=O) groups is 1. The van der Waals surface area contributed by atoms with Crippen LogP contribution in [0.15, 0.2) is 24.3 Å². The number of nitrogens with zero attached hydrogens (tertiary/aromatic N) is 2. The van der Waals surface area contributed by atoms with Crippen LogP contribution in [-0.4, -0.2) is 41.5 Å². The summed E-state index contributed by atoms with van der Waals surface area (Å²) in [5, 5.41) is 3.69. The molecule has 1 aliphatic carbocycles. The Balaban J connectivity index is 1.27. The molecule has 0 spiro atoms. The normalized spacial score (nSPS) is 20.7. The Kier molecular flexibility index (Phi) is 4.81. The number of piperidine rings is 1. The van der Waals surface area contributed by atoms with Gasteiger partial charge in [0.05, 0.1) is 10.2 Å². The number of hydrogen-bond donors (Lipinski definition) is 1. The van der Waals surface area contributed by atoms with E-state index in [0.29, 0.717) is 10.9 Å². The van der Waals surface area contributed by atoms with Crippen molar-refractivity contribution in [2.45, 2.75) is 44.6 Å². The molecule has 1 aliphatic heterocycles. The molecule has 4 rings (SSSR count). The van der Waals surface area contributed by atoms with Crippen LogP contribution in [0.1, 0.15) is 48.3 Å². The van der Waals surface area contributed by atoms with Crippen LogP contribution >= 0.6 is 11.3 Å². The van der Waals surface area contributed by atoms with Crippen molar-refractivity contribution in [1.29, 1.82) is 0 Å². The number of carbonyl (C=O) groups excluding carboxylic acids is 1. The van der Waals surface area contributed by atoms with E-state index in [2.05, 4.69) is 15.2 Å². The Morgan fingerprint density at radius 2 is 1.92 bits per heavy atom. The van der Waals surface area contributed by atoms with Crippen LogP contribution in [0, 0.1) is 5.92 Å². The number of hydrogen-bond acceptors (Lipinski definition) is 4.